The number of allylic oxidation sites excluding steroid dienone is 1. The van der Waals surface area contributed by atoms with Crippen molar-refractivity contribution in [2.45, 2.75) is 6.04 Å². The Morgan fingerprint density at radius 1 is 1.00 bits per heavy atom. The first kappa shape index (κ1) is 12.7. The van der Waals surface area contributed by atoms with Crippen LogP contribution >= 0.6 is 0 Å². The number of halogens is 1. The number of aromatic nitrogens is 4. The molecule has 22 heavy (non-hydrogen) atoms. The van der Waals surface area contributed by atoms with E-state index in [1.165, 1.54) is 6.07 Å². The molecule has 1 aromatic heterocycles. The number of hydrogen-bond donors (Lipinski definition) is 1. The van der Waals surface area contributed by atoms with Crippen molar-refractivity contribution in [1.29, 1.82) is 0 Å². The Kier molecular flexibility index (Phi) is 2.93. The number of benzene rings is 2. The summed E-state index contributed by atoms with van der Waals surface area (Å²) in [4.78, 5) is 0. The highest BCUT2D eigenvalue weighted by atomic mass is 19.1. The van der Waals surface area contributed by atoms with Gasteiger partial charge in [0.25, 0.3) is 0 Å². The Morgan fingerprint density at radius 3 is 2.59 bits per heavy atom. The van der Waals surface area contributed by atoms with Gasteiger partial charge in [-0.25, -0.2) is 4.39 Å². The van der Waals surface area contributed by atoms with Crippen molar-refractivity contribution in [2.24, 2.45) is 0 Å². The number of nitrogens with zero attached hydrogens (tertiary/aromatic N) is 4. The SMILES string of the molecule is Fc1ccccc1C1C=C(c2ccccc2)Nc2nnnn21. The highest BCUT2D eigenvalue weighted by molar-refractivity contribution is 5.76. The first-order valence-electron chi connectivity index (χ1n) is 6.89. The lowest BCUT2D eigenvalue weighted by Gasteiger charge is -2.23. The van der Waals surface area contributed by atoms with Crippen LogP contribution in [0.3, 0.4) is 0 Å². The number of hydrogen-bond acceptors (Lipinski definition) is 4. The molecule has 0 saturated heterocycles. The van der Waals surface area contributed by atoms with Crippen LogP contribution < -0.4 is 5.32 Å². The van der Waals surface area contributed by atoms with Crippen LogP contribution in [0.1, 0.15) is 17.2 Å². The second-order valence-corrected chi connectivity index (χ2v) is 4.98. The lowest BCUT2D eigenvalue weighted by atomic mass is 10.0. The molecule has 1 atom stereocenters. The van der Waals surface area contributed by atoms with Crippen molar-refractivity contribution in [3.05, 3.63) is 77.6 Å². The van der Waals surface area contributed by atoms with Gasteiger partial charge in [0.15, 0.2) is 0 Å². The molecule has 5 nitrogen and oxygen atoms in total. The predicted molar refractivity (Wildman–Crippen MR) is 80.4 cm³/mol. The summed E-state index contributed by atoms with van der Waals surface area (Å²) in [6.07, 6.45) is 1.93. The highest BCUT2D eigenvalue weighted by Crippen LogP contribution is 2.32. The smallest absolute Gasteiger partial charge is 0.248 e. The summed E-state index contributed by atoms with van der Waals surface area (Å²) in [5.74, 6) is 0.217. The molecule has 1 N–H and O–H groups in total. The van der Waals surface area contributed by atoms with Gasteiger partial charge in [0.1, 0.15) is 11.9 Å². The highest BCUT2D eigenvalue weighted by Gasteiger charge is 2.25. The van der Waals surface area contributed by atoms with Gasteiger partial charge in [-0.3, -0.25) is 0 Å². The largest absolute Gasteiger partial charge is 0.323 e. The number of anilines is 1. The molecule has 108 valence electrons. The summed E-state index contributed by atoms with van der Waals surface area (Å²) in [6, 6.07) is 16.1. The van der Waals surface area contributed by atoms with Crippen molar-refractivity contribution in [1.82, 2.24) is 20.2 Å². The van der Waals surface area contributed by atoms with E-state index in [0.29, 0.717) is 11.5 Å². The fourth-order valence-corrected chi connectivity index (χ4v) is 2.58. The summed E-state index contributed by atoms with van der Waals surface area (Å²) in [7, 11) is 0. The summed E-state index contributed by atoms with van der Waals surface area (Å²) >= 11 is 0. The summed E-state index contributed by atoms with van der Waals surface area (Å²) in [5, 5.41) is 14.8. The van der Waals surface area contributed by atoms with Gasteiger partial charge in [0.05, 0.1) is 0 Å². The molecule has 2 aromatic carbocycles. The number of tetrazole rings is 1. The zero-order chi connectivity index (χ0) is 14.9. The Balaban J connectivity index is 1.86. The Labute approximate surface area is 126 Å². The molecule has 0 amide bonds. The third kappa shape index (κ3) is 2.05. The van der Waals surface area contributed by atoms with Crippen LogP contribution in [0.15, 0.2) is 60.7 Å². The molecule has 1 aliphatic heterocycles. The molecule has 2 heterocycles. The van der Waals surface area contributed by atoms with E-state index in [1.807, 2.05) is 36.4 Å². The summed E-state index contributed by atoms with van der Waals surface area (Å²) in [5.41, 5.74) is 2.39. The summed E-state index contributed by atoms with van der Waals surface area (Å²) in [6.45, 7) is 0. The molecule has 0 spiro atoms. The first-order valence-corrected chi connectivity index (χ1v) is 6.89. The van der Waals surface area contributed by atoms with Crippen molar-refractivity contribution in [2.75, 3.05) is 5.32 Å². The Hall–Kier alpha value is -3.02. The molecule has 6 heteroatoms. The lowest BCUT2D eigenvalue weighted by molar-refractivity contribution is 0.540. The molecule has 1 unspecified atom stereocenters. The lowest BCUT2D eigenvalue weighted by Crippen LogP contribution is -2.21. The normalized spacial score (nSPS) is 16.6. The maximum Gasteiger partial charge on any atom is 0.248 e. The van der Waals surface area contributed by atoms with Crippen LogP contribution in [-0.2, 0) is 0 Å². The predicted octanol–water partition coefficient (Wildman–Crippen LogP) is 2.87. The minimum Gasteiger partial charge on any atom is -0.323 e. The minimum atomic E-state index is -0.386. The minimum absolute atomic E-state index is 0.278. The van der Waals surface area contributed by atoms with E-state index < -0.39 is 0 Å². The van der Waals surface area contributed by atoms with Gasteiger partial charge in [0, 0.05) is 11.3 Å². The van der Waals surface area contributed by atoms with Crippen LogP contribution in [0.4, 0.5) is 10.3 Å². The van der Waals surface area contributed by atoms with E-state index in [4.69, 9.17) is 0 Å². The maximum atomic E-state index is 14.2. The molecule has 1 aliphatic rings. The van der Waals surface area contributed by atoms with Crippen LogP contribution in [-0.4, -0.2) is 20.2 Å². The Bertz CT molecular complexity index is 841. The van der Waals surface area contributed by atoms with E-state index in [2.05, 4.69) is 20.8 Å². The van der Waals surface area contributed by atoms with Crippen LogP contribution in [0.5, 0.6) is 0 Å². The topological polar surface area (TPSA) is 55.6 Å². The van der Waals surface area contributed by atoms with Crippen molar-refractivity contribution in [3.63, 3.8) is 0 Å². The molecule has 0 bridgehead atoms. The van der Waals surface area contributed by atoms with Gasteiger partial charge in [-0.1, -0.05) is 53.6 Å². The fraction of sp³-hybridized carbons (Fsp3) is 0.0625. The van der Waals surface area contributed by atoms with Crippen LogP contribution in [0, 0.1) is 5.82 Å². The maximum absolute atomic E-state index is 14.2. The summed E-state index contributed by atoms with van der Waals surface area (Å²) < 4.78 is 15.7. The third-order valence-corrected chi connectivity index (χ3v) is 3.64. The molecule has 0 aliphatic carbocycles. The van der Waals surface area contributed by atoms with Gasteiger partial charge in [0.2, 0.25) is 5.95 Å². The van der Waals surface area contributed by atoms with E-state index in [-0.39, 0.29) is 11.9 Å². The zero-order valence-corrected chi connectivity index (χ0v) is 11.5. The van der Waals surface area contributed by atoms with Gasteiger partial charge < -0.3 is 5.32 Å². The van der Waals surface area contributed by atoms with Crippen molar-refractivity contribution in [3.8, 4) is 0 Å². The second-order valence-electron chi connectivity index (χ2n) is 4.98. The van der Waals surface area contributed by atoms with E-state index >= 15 is 0 Å². The number of fused-ring (bicyclic) bond motifs is 1. The molecular weight excluding hydrogens is 281 g/mol. The van der Waals surface area contributed by atoms with E-state index in [9.17, 15) is 4.39 Å². The molecule has 4 rings (SSSR count). The standard InChI is InChI=1S/C16H12FN5/c17-13-9-5-4-8-12(13)15-10-14(11-6-2-1-3-7-11)18-16-19-20-21-22(15)16/h1-10,15H,(H,18,19,21). The van der Waals surface area contributed by atoms with Crippen LogP contribution in [0.25, 0.3) is 5.70 Å². The molecule has 3 aromatic rings. The molecule has 0 radical (unpaired) electrons. The third-order valence-electron chi connectivity index (χ3n) is 3.64. The fourth-order valence-electron chi connectivity index (χ4n) is 2.58. The first-order chi connectivity index (χ1) is 10.8. The molecule has 0 saturated carbocycles. The van der Waals surface area contributed by atoms with Crippen molar-refractivity contribution >= 4 is 11.6 Å². The Morgan fingerprint density at radius 2 is 1.77 bits per heavy atom. The monoisotopic (exact) mass is 293 g/mol. The second kappa shape index (κ2) is 5.07. The van der Waals surface area contributed by atoms with Crippen molar-refractivity contribution < 1.29 is 4.39 Å². The molecule has 0 fully saturated rings. The average Bonchev–Trinajstić information content (AvgIpc) is 3.04. The molecular formula is C16H12FN5. The van der Waals surface area contributed by atoms with Crippen LogP contribution in [0.2, 0.25) is 0 Å². The van der Waals surface area contributed by atoms with Gasteiger partial charge in [-0.15, -0.1) is 0 Å². The number of nitrogens with one attached hydrogen (secondary N) is 1. The van der Waals surface area contributed by atoms with Gasteiger partial charge in [-0.05, 0) is 28.1 Å². The van der Waals surface area contributed by atoms with Gasteiger partial charge in [-0.2, -0.15) is 4.68 Å². The average molecular weight is 293 g/mol. The zero-order valence-electron chi connectivity index (χ0n) is 11.5. The number of rotatable bonds is 2. The quantitative estimate of drug-likeness (QED) is 0.789. The van der Waals surface area contributed by atoms with Gasteiger partial charge >= 0.3 is 0 Å². The van der Waals surface area contributed by atoms with E-state index in [0.717, 1.165) is 11.3 Å². The van der Waals surface area contributed by atoms with E-state index in [1.54, 1.807) is 22.9 Å².